The van der Waals surface area contributed by atoms with Gasteiger partial charge in [-0.3, -0.25) is 14.5 Å². The maximum Gasteiger partial charge on any atom is 0.278 e. The third-order valence-corrected chi connectivity index (χ3v) is 7.24. The second-order valence-electron chi connectivity index (χ2n) is 9.98. The minimum absolute atomic E-state index is 0.00405. The minimum atomic E-state index is -0.136. The van der Waals surface area contributed by atoms with Gasteiger partial charge in [0, 0.05) is 19.1 Å². The molecule has 5 heteroatoms. The molecule has 3 aliphatic rings. The maximum absolute atomic E-state index is 13.9. The number of imide groups is 1. The number of fused-ring (bicyclic) bond motifs is 1. The Balaban J connectivity index is 1.53. The van der Waals surface area contributed by atoms with E-state index in [0.29, 0.717) is 17.8 Å². The van der Waals surface area contributed by atoms with Gasteiger partial charge >= 0.3 is 0 Å². The Morgan fingerprint density at radius 1 is 0.853 bits per heavy atom. The van der Waals surface area contributed by atoms with Gasteiger partial charge in [0.1, 0.15) is 11.4 Å². The van der Waals surface area contributed by atoms with Crippen molar-refractivity contribution in [2.24, 2.45) is 0 Å². The van der Waals surface area contributed by atoms with Crippen LogP contribution in [0.25, 0.3) is 5.57 Å². The third kappa shape index (κ3) is 4.36. The minimum Gasteiger partial charge on any atom is -0.491 e. The van der Waals surface area contributed by atoms with Gasteiger partial charge in [-0.25, -0.2) is 0 Å². The molecule has 2 aliphatic heterocycles. The smallest absolute Gasteiger partial charge is 0.278 e. The molecule has 1 saturated carbocycles. The molecule has 2 aromatic carbocycles. The molecule has 1 aliphatic carbocycles. The lowest BCUT2D eigenvalue weighted by molar-refractivity contribution is -0.140. The van der Waals surface area contributed by atoms with Crippen molar-refractivity contribution in [1.82, 2.24) is 9.80 Å². The number of hydrogen-bond donors (Lipinski definition) is 0. The summed E-state index contributed by atoms with van der Waals surface area (Å²) >= 11 is 0. The van der Waals surface area contributed by atoms with Gasteiger partial charge in [0.2, 0.25) is 0 Å². The quantitative estimate of drug-likeness (QED) is 0.449. The Bertz CT molecular complexity index is 1090. The summed E-state index contributed by atoms with van der Waals surface area (Å²) in [7, 11) is 0. The van der Waals surface area contributed by atoms with E-state index in [9.17, 15) is 9.59 Å². The number of carbonyl (C=O) groups is 2. The summed E-state index contributed by atoms with van der Waals surface area (Å²) in [6.45, 7) is 5.38. The van der Waals surface area contributed by atoms with Crippen LogP contribution in [0.3, 0.4) is 0 Å². The molecule has 0 atom stereocenters. The molecule has 5 rings (SSSR count). The summed E-state index contributed by atoms with van der Waals surface area (Å²) in [6.07, 6.45) is 7.27. The Morgan fingerprint density at radius 2 is 1.53 bits per heavy atom. The lowest BCUT2D eigenvalue weighted by Crippen LogP contribution is -2.43. The fourth-order valence-corrected chi connectivity index (χ4v) is 5.60. The SMILES string of the molecule is CC(C)Oc1ccc(C2=C(N3CCc4ccccc4C3)C(=O)N(C3CCCCCC3)C2=O)cc1. The second-order valence-corrected chi connectivity index (χ2v) is 9.98. The second kappa shape index (κ2) is 9.65. The maximum atomic E-state index is 13.9. The predicted molar refractivity (Wildman–Crippen MR) is 133 cm³/mol. The molecule has 2 aromatic rings. The first-order valence-electron chi connectivity index (χ1n) is 12.7. The van der Waals surface area contributed by atoms with Crippen LogP contribution < -0.4 is 4.74 Å². The lowest BCUT2D eigenvalue weighted by Gasteiger charge is -2.32. The van der Waals surface area contributed by atoms with Gasteiger partial charge in [0.15, 0.2) is 0 Å². The van der Waals surface area contributed by atoms with E-state index in [-0.39, 0.29) is 24.0 Å². The molecule has 2 heterocycles. The van der Waals surface area contributed by atoms with E-state index in [1.165, 1.54) is 24.0 Å². The van der Waals surface area contributed by atoms with Gasteiger partial charge in [0.25, 0.3) is 11.8 Å². The molecule has 0 saturated heterocycles. The van der Waals surface area contributed by atoms with Crippen molar-refractivity contribution >= 4 is 17.4 Å². The van der Waals surface area contributed by atoms with Crippen LogP contribution in [-0.4, -0.2) is 40.3 Å². The summed E-state index contributed by atoms with van der Waals surface area (Å²) in [6, 6.07) is 16.0. The van der Waals surface area contributed by atoms with Crippen LogP contribution in [0.15, 0.2) is 54.2 Å². The fraction of sp³-hybridized carbons (Fsp3) is 0.448. The molecule has 0 radical (unpaired) electrons. The van der Waals surface area contributed by atoms with E-state index in [1.807, 2.05) is 44.2 Å². The van der Waals surface area contributed by atoms with E-state index in [0.717, 1.165) is 50.0 Å². The van der Waals surface area contributed by atoms with E-state index < -0.39 is 0 Å². The molecular formula is C29H34N2O3. The van der Waals surface area contributed by atoms with Crippen molar-refractivity contribution in [2.75, 3.05) is 6.54 Å². The van der Waals surface area contributed by atoms with Gasteiger partial charge in [-0.2, -0.15) is 0 Å². The highest BCUT2D eigenvalue weighted by Gasteiger charge is 2.45. The first-order chi connectivity index (χ1) is 16.5. The van der Waals surface area contributed by atoms with Crippen molar-refractivity contribution in [1.29, 1.82) is 0 Å². The van der Waals surface area contributed by atoms with Gasteiger partial charge in [0.05, 0.1) is 11.7 Å². The lowest BCUT2D eigenvalue weighted by atomic mass is 9.98. The summed E-state index contributed by atoms with van der Waals surface area (Å²) in [5, 5.41) is 0. The van der Waals surface area contributed by atoms with Gasteiger partial charge in [-0.15, -0.1) is 0 Å². The van der Waals surface area contributed by atoms with Crippen molar-refractivity contribution in [3.63, 3.8) is 0 Å². The van der Waals surface area contributed by atoms with Crippen LogP contribution in [0.5, 0.6) is 5.75 Å². The van der Waals surface area contributed by atoms with Crippen LogP contribution >= 0.6 is 0 Å². The van der Waals surface area contributed by atoms with Crippen molar-refractivity contribution in [2.45, 2.75) is 77.5 Å². The van der Waals surface area contributed by atoms with E-state index in [2.05, 4.69) is 23.1 Å². The molecule has 0 spiro atoms. The average molecular weight is 459 g/mol. The Labute approximate surface area is 202 Å². The number of benzene rings is 2. The molecule has 34 heavy (non-hydrogen) atoms. The molecule has 0 aromatic heterocycles. The predicted octanol–water partition coefficient (Wildman–Crippen LogP) is 5.33. The third-order valence-electron chi connectivity index (χ3n) is 7.24. The zero-order valence-corrected chi connectivity index (χ0v) is 20.3. The van der Waals surface area contributed by atoms with Crippen molar-refractivity contribution in [3.05, 3.63) is 70.9 Å². The number of ether oxygens (including phenoxy) is 1. The normalized spacial score (nSPS) is 19.6. The first kappa shape index (κ1) is 22.7. The van der Waals surface area contributed by atoms with Gasteiger partial charge in [-0.1, -0.05) is 62.1 Å². The zero-order valence-electron chi connectivity index (χ0n) is 20.3. The Kier molecular flexibility index (Phi) is 6.44. The molecule has 1 fully saturated rings. The summed E-state index contributed by atoms with van der Waals surface area (Å²) < 4.78 is 5.80. The molecule has 5 nitrogen and oxygen atoms in total. The van der Waals surface area contributed by atoms with Crippen LogP contribution in [-0.2, 0) is 22.6 Å². The van der Waals surface area contributed by atoms with E-state index >= 15 is 0 Å². The highest BCUT2D eigenvalue weighted by molar-refractivity contribution is 6.35. The average Bonchev–Trinajstić information content (AvgIpc) is 2.99. The van der Waals surface area contributed by atoms with Crippen LogP contribution in [0, 0.1) is 0 Å². The zero-order chi connectivity index (χ0) is 23.7. The van der Waals surface area contributed by atoms with Crippen molar-refractivity contribution < 1.29 is 14.3 Å². The van der Waals surface area contributed by atoms with Crippen molar-refractivity contribution in [3.8, 4) is 5.75 Å². The molecule has 0 bridgehead atoms. The van der Waals surface area contributed by atoms with Crippen LogP contribution in [0.1, 0.15) is 69.1 Å². The number of hydrogen-bond acceptors (Lipinski definition) is 4. The first-order valence-corrected chi connectivity index (χ1v) is 12.7. The largest absolute Gasteiger partial charge is 0.491 e. The van der Waals surface area contributed by atoms with Crippen LogP contribution in [0.2, 0.25) is 0 Å². The molecular weight excluding hydrogens is 424 g/mol. The molecule has 0 unspecified atom stereocenters. The van der Waals surface area contributed by atoms with Gasteiger partial charge < -0.3 is 9.64 Å². The summed E-state index contributed by atoms with van der Waals surface area (Å²) in [5.74, 6) is 0.516. The number of nitrogens with zero attached hydrogens (tertiary/aromatic N) is 2. The Hall–Kier alpha value is -3.08. The molecule has 178 valence electrons. The Morgan fingerprint density at radius 3 is 2.21 bits per heavy atom. The fourth-order valence-electron chi connectivity index (χ4n) is 5.60. The topological polar surface area (TPSA) is 49.9 Å². The number of amides is 2. The van der Waals surface area contributed by atoms with E-state index in [1.54, 1.807) is 4.90 Å². The summed E-state index contributed by atoms with van der Waals surface area (Å²) in [4.78, 5) is 31.5. The number of rotatable bonds is 5. The monoisotopic (exact) mass is 458 g/mol. The van der Waals surface area contributed by atoms with E-state index in [4.69, 9.17) is 4.74 Å². The van der Waals surface area contributed by atoms with Gasteiger partial charge in [-0.05, 0) is 61.9 Å². The molecule has 0 N–H and O–H groups in total. The highest BCUT2D eigenvalue weighted by Crippen LogP contribution is 2.38. The van der Waals surface area contributed by atoms with Crippen LogP contribution in [0.4, 0.5) is 0 Å². The standard InChI is InChI=1S/C29H34N2O3/c1-20(2)34-25-15-13-22(14-16-25)26-27(30-18-17-21-9-7-8-10-23(21)19-30)29(33)31(28(26)32)24-11-5-3-4-6-12-24/h7-10,13-16,20,24H,3-6,11-12,17-19H2,1-2H3. The molecule has 2 amide bonds. The summed E-state index contributed by atoms with van der Waals surface area (Å²) in [5.41, 5.74) is 4.47. The number of carbonyl (C=O) groups excluding carboxylic acids is 2. The highest BCUT2D eigenvalue weighted by atomic mass is 16.5.